The predicted octanol–water partition coefficient (Wildman–Crippen LogP) is 2.09. The minimum atomic E-state index is 0.576. The molecule has 2 aromatic rings. The van der Waals surface area contributed by atoms with Crippen molar-refractivity contribution < 1.29 is 4.79 Å². The molecule has 16 heavy (non-hydrogen) atoms. The molecule has 0 unspecified atom stereocenters. The van der Waals surface area contributed by atoms with E-state index in [-0.39, 0.29) is 0 Å². The molecule has 0 amide bonds. The van der Waals surface area contributed by atoms with Crippen LogP contribution in [0.4, 0.5) is 0 Å². The third-order valence-corrected chi connectivity index (χ3v) is 3.27. The van der Waals surface area contributed by atoms with E-state index < -0.39 is 0 Å². The van der Waals surface area contributed by atoms with E-state index in [2.05, 4.69) is 24.0 Å². The first-order valence-electron chi connectivity index (χ1n) is 5.41. The van der Waals surface area contributed by atoms with Crippen LogP contribution in [-0.2, 0) is 12.8 Å². The fourth-order valence-corrected chi connectivity index (χ4v) is 2.42. The maximum absolute atomic E-state index is 10.8. The number of nitrogens with zero attached hydrogens (tertiary/aromatic N) is 2. The zero-order valence-electron chi connectivity index (χ0n) is 9.10. The first kappa shape index (κ1) is 9.33. The molecule has 3 nitrogen and oxygen atoms in total. The standard InChI is InChI=1S/C13H12N2O/c1-9-3-2-4-12-10(9)5-6-13-11(7-16)14-8-15(12)13/h2-4,7-8H,5-6H2,1H3. The number of carbonyl (C=O) groups is 1. The van der Waals surface area contributed by atoms with Gasteiger partial charge in [0.1, 0.15) is 12.0 Å². The second-order valence-electron chi connectivity index (χ2n) is 4.14. The summed E-state index contributed by atoms with van der Waals surface area (Å²) in [5.74, 6) is 0. The van der Waals surface area contributed by atoms with Crippen molar-refractivity contribution in [3.63, 3.8) is 0 Å². The van der Waals surface area contributed by atoms with Crippen LogP contribution in [0.2, 0.25) is 0 Å². The van der Waals surface area contributed by atoms with E-state index in [0.29, 0.717) is 5.69 Å². The van der Waals surface area contributed by atoms with Gasteiger partial charge in [-0.05, 0) is 37.0 Å². The molecule has 0 atom stereocenters. The summed E-state index contributed by atoms with van der Waals surface area (Å²) in [6.07, 6.45) is 4.48. The van der Waals surface area contributed by atoms with E-state index in [1.165, 1.54) is 16.8 Å². The van der Waals surface area contributed by atoms with Crippen LogP contribution in [0.15, 0.2) is 24.5 Å². The normalized spacial score (nSPS) is 13.1. The molecule has 1 aromatic carbocycles. The number of aryl methyl sites for hydroxylation is 1. The SMILES string of the molecule is Cc1cccc2c1CCc1c(C=O)ncn1-2. The first-order chi connectivity index (χ1) is 7.81. The van der Waals surface area contributed by atoms with Gasteiger partial charge in [0.05, 0.1) is 11.4 Å². The molecule has 3 rings (SSSR count). The average Bonchev–Trinajstić information content (AvgIpc) is 2.72. The number of fused-ring (bicyclic) bond motifs is 3. The van der Waals surface area contributed by atoms with Gasteiger partial charge < -0.3 is 4.57 Å². The fourth-order valence-electron chi connectivity index (χ4n) is 2.42. The van der Waals surface area contributed by atoms with Gasteiger partial charge in [-0.3, -0.25) is 4.79 Å². The van der Waals surface area contributed by atoms with Crippen LogP contribution in [0, 0.1) is 6.92 Å². The van der Waals surface area contributed by atoms with Crippen LogP contribution in [-0.4, -0.2) is 15.8 Å². The quantitative estimate of drug-likeness (QED) is 0.678. The Hall–Kier alpha value is -1.90. The summed E-state index contributed by atoms with van der Waals surface area (Å²) in [5, 5.41) is 0. The number of benzene rings is 1. The Morgan fingerprint density at radius 1 is 1.38 bits per heavy atom. The molecule has 1 aliphatic rings. The van der Waals surface area contributed by atoms with Crippen LogP contribution in [0.1, 0.15) is 27.3 Å². The molecule has 0 saturated carbocycles. The summed E-state index contributed by atoms with van der Waals surface area (Å²) < 4.78 is 2.04. The zero-order chi connectivity index (χ0) is 11.1. The predicted molar refractivity (Wildman–Crippen MR) is 61.1 cm³/mol. The maximum Gasteiger partial charge on any atom is 0.170 e. The molecular weight excluding hydrogens is 200 g/mol. The van der Waals surface area contributed by atoms with Crippen molar-refractivity contribution in [2.75, 3.05) is 0 Å². The minimum Gasteiger partial charge on any atom is -0.302 e. The number of aldehydes is 1. The third kappa shape index (κ3) is 1.14. The highest BCUT2D eigenvalue weighted by Gasteiger charge is 2.20. The number of hydrogen-bond acceptors (Lipinski definition) is 2. The maximum atomic E-state index is 10.8. The Kier molecular flexibility index (Phi) is 1.93. The lowest BCUT2D eigenvalue weighted by Gasteiger charge is -2.20. The topological polar surface area (TPSA) is 34.9 Å². The first-order valence-corrected chi connectivity index (χ1v) is 5.41. The molecular formula is C13H12N2O. The van der Waals surface area contributed by atoms with Gasteiger partial charge in [0.2, 0.25) is 0 Å². The van der Waals surface area contributed by atoms with E-state index in [4.69, 9.17) is 0 Å². The molecule has 0 aliphatic carbocycles. The number of carbonyl (C=O) groups excluding carboxylic acids is 1. The summed E-state index contributed by atoms with van der Waals surface area (Å²) >= 11 is 0. The second kappa shape index (κ2) is 3.30. The molecule has 0 fully saturated rings. The molecule has 0 bridgehead atoms. The number of rotatable bonds is 1. The van der Waals surface area contributed by atoms with E-state index in [9.17, 15) is 4.79 Å². The summed E-state index contributed by atoms with van der Waals surface area (Å²) in [7, 11) is 0. The molecule has 80 valence electrons. The molecule has 0 radical (unpaired) electrons. The molecule has 3 heteroatoms. The Morgan fingerprint density at radius 3 is 3.06 bits per heavy atom. The smallest absolute Gasteiger partial charge is 0.170 e. The monoisotopic (exact) mass is 212 g/mol. The van der Waals surface area contributed by atoms with Crippen LogP contribution < -0.4 is 0 Å². The van der Waals surface area contributed by atoms with Gasteiger partial charge in [-0.2, -0.15) is 0 Å². The summed E-state index contributed by atoms with van der Waals surface area (Å²) in [5.41, 5.74) is 5.46. The van der Waals surface area contributed by atoms with Crippen molar-refractivity contribution in [1.29, 1.82) is 0 Å². The van der Waals surface area contributed by atoms with Gasteiger partial charge in [0, 0.05) is 0 Å². The number of aromatic nitrogens is 2. The van der Waals surface area contributed by atoms with Gasteiger partial charge in [0.15, 0.2) is 6.29 Å². The van der Waals surface area contributed by atoms with E-state index in [1.807, 2.05) is 10.6 Å². The molecule has 0 spiro atoms. The fraction of sp³-hybridized carbons (Fsp3) is 0.231. The highest BCUT2D eigenvalue weighted by Crippen LogP contribution is 2.27. The minimum absolute atomic E-state index is 0.576. The lowest BCUT2D eigenvalue weighted by Crippen LogP contribution is -2.13. The Bertz CT molecular complexity index is 569. The van der Waals surface area contributed by atoms with E-state index >= 15 is 0 Å². The Labute approximate surface area is 93.7 Å². The van der Waals surface area contributed by atoms with Crippen molar-refractivity contribution in [1.82, 2.24) is 9.55 Å². The van der Waals surface area contributed by atoms with Crippen molar-refractivity contribution in [2.45, 2.75) is 19.8 Å². The van der Waals surface area contributed by atoms with Crippen LogP contribution >= 0.6 is 0 Å². The van der Waals surface area contributed by atoms with Crippen LogP contribution in [0.5, 0.6) is 0 Å². The van der Waals surface area contributed by atoms with Gasteiger partial charge >= 0.3 is 0 Å². The second-order valence-corrected chi connectivity index (χ2v) is 4.14. The molecule has 1 aliphatic heterocycles. The van der Waals surface area contributed by atoms with E-state index in [0.717, 1.165) is 24.8 Å². The molecule has 0 N–H and O–H groups in total. The van der Waals surface area contributed by atoms with Crippen LogP contribution in [0.3, 0.4) is 0 Å². The Morgan fingerprint density at radius 2 is 2.25 bits per heavy atom. The number of imidazole rings is 1. The van der Waals surface area contributed by atoms with Gasteiger partial charge in [-0.1, -0.05) is 12.1 Å². The lowest BCUT2D eigenvalue weighted by atomic mass is 9.97. The molecule has 1 aromatic heterocycles. The van der Waals surface area contributed by atoms with Crippen molar-refractivity contribution in [3.8, 4) is 5.69 Å². The lowest BCUT2D eigenvalue weighted by molar-refractivity contribution is 0.111. The molecule has 2 heterocycles. The van der Waals surface area contributed by atoms with E-state index in [1.54, 1.807) is 6.33 Å². The zero-order valence-corrected chi connectivity index (χ0v) is 9.10. The van der Waals surface area contributed by atoms with Crippen molar-refractivity contribution >= 4 is 6.29 Å². The largest absolute Gasteiger partial charge is 0.302 e. The summed E-state index contributed by atoms with van der Waals surface area (Å²) in [6.45, 7) is 2.13. The molecule has 0 saturated heterocycles. The summed E-state index contributed by atoms with van der Waals surface area (Å²) in [6, 6.07) is 6.26. The summed E-state index contributed by atoms with van der Waals surface area (Å²) in [4.78, 5) is 15.0. The van der Waals surface area contributed by atoms with Gasteiger partial charge in [0.25, 0.3) is 0 Å². The van der Waals surface area contributed by atoms with Crippen LogP contribution in [0.25, 0.3) is 5.69 Å². The Balaban J connectivity index is 2.28. The van der Waals surface area contributed by atoms with Crippen molar-refractivity contribution in [3.05, 3.63) is 47.0 Å². The number of hydrogen-bond donors (Lipinski definition) is 0. The van der Waals surface area contributed by atoms with Gasteiger partial charge in [-0.25, -0.2) is 4.98 Å². The third-order valence-electron chi connectivity index (χ3n) is 3.27. The average molecular weight is 212 g/mol. The van der Waals surface area contributed by atoms with Gasteiger partial charge in [-0.15, -0.1) is 0 Å². The highest BCUT2D eigenvalue weighted by atomic mass is 16.1. The van der Waals surface area contributed by atoms with Crippen molar-refractivity contribution in [2.24, 2.45) is 0 Å². The highest BCUT2D eigenvalue weighted by molar-refractivity contribution is 5.74.